The van der Waals surface area contributed by atoms with Crippen LogP contribution >= 0.6 is 7.14 Å². The Morgan fingerprint density at radius 3 is 1.50 bits per heavy atom. The summed E-state index contributed by atoms with van der Waals surface area (Å²) >= 11 is 0. The fourth-order valence-corrected chi connectivity index (χ4v) is 7.37. The van der Waals surface area contributed by atoms with Gasteiger partial charge in [-0.3, -0.25) is 0 Å². The van der Waals surface area contributed by atoms with Gasteiger partial charge in [0.1, 0.15) is 0 Å². The highest BCUT2D eigenvalue weighted by Crippen LogP contribution is 2.47. The molecule has 0 heterocycles. The summed E-state index contributed by atoms with van der Waals surface area (Å²) in [5, 5.41) is -0.153. The lowest BCUT2D eigenvalue weighted by molar-refractivity contribution is 0.0699. The quantitative estimate of drug-likeness (QED) is 0.501. The molecule has 0 aliphatic rings. The summed E-state index contributed by atoms with van der Waals surface area (Å²) in [6.45, 7) is 12.7. The van der Waals surface area contributed by atoms with E-state index in [4.69, 9.17) is 13.3 Å². The van der Waals surface area contributed by atoms with Crippen LogP contribution in [-0.2, 0) is 17.8 Å². The molecule has 98 valence electrons. The Morgan fingerprint density at radius 2 is 1.31 bits per heavy atom. The Bertz CT molecular complexity index is 224. The summed E-state index contributed by atoms with van der Waals surface area (Å²) in [5.41, 5.74) is 0. The van der Waals surface area contributed by atoms with Crippen LogP contribution in [0.4, 0.5) is 0 Å². The summed E-state index contributed by atoms with van der Waals surface area (Å²) in [4.78, 5) is 0. The van der Waals surface area contributed by atoms with Crippen LogP contribution in [0, 0.1) is 0 Å². The maximum atomic E-state index is 12.2. The molecule has 6 heteroatoms. The van der Waals surface area contributed by atoms with Crippen LogP contribution < -0.4 is 0 Å². The van der Waals surface area contributed by atoms with E-state index < -0.39 is 15.9 Å². The fraction of sp³-hybridized carbons (Fsp3) is 1.00. The highest BCUT2D eigenvalue weighted by Gasteiger charge is 2.51. The smallest absolute Gasteiger partial charge is 0.373 e. The monoisotopic (exact) mass is 268 g/mol. The van der Waals surface area contributed by atoms with Crippen molar-refractivity contribution in [2.24, 2.45) is 0 Å². The molecule has 0 radical (unpaired) electrons. The molecular formula is C10H25O4PSi. The second-order valence-electron chi connectivity index (χ2n) is 4.01. The minimum atomic E-state index is -2.80. The van der Waals surface area contributed by atoms with E-state index in [2.05, 4.69) is 0 Å². The molecular weight excluding hydrogens is 243 g/mol. The van der Waals surface area contributed by atoms with Gasteiger partial charge in [-0.25, -0.2) is 0 Å². The highest BCUT2D eigenvalue weighted by molar-refractivity contribution is 7.65. The molecule has 0 fully saturated rings. The minimum Gasteiger partial charge on any atom is -0.373 e. The van der Waals surface area contributed by atoms with Crippen molar-refractivity contribution in [2.45, 2.75) is 33.0 Å². The van der Waals surface area contributed by atoms with Gasteiger partial charge in [0, 0.05) is 19.8 Å². The predicted octanol–water partition coefficient (Wildman–Crippen LogP) is 2.59. The Labute approximate surface area is 100 Å². The molecule has 0 saturated carbocycles. The van der Waals surface area contributed by atoms with Crippen LogP contribution in [0.25, 0.3) is 0 Å². The highest BCUT2D eigenvalue weighted by atomic mass is 31.2. The second-order valence-corrected chi connectivity index (χ2v) is 11.1. The zero-order valence-corrected chi connectivity index (χ0v) is 13.2. The maximum Gasteiger partial charge on any atom is 0.511 e. The molecule has 0 bridgehead atoms. The average molecular weight is 268 g/mol. The molecule has 16 heavy (non-hydrogen) atoms. The van der Waals surface area contributed by atoms with Crippen molar-refractivity contribution < 1.29 is 17.8 Å². The topological polar surface area (TPSA) is 44.8 Å². The van der Waals surface area contributed by atoms with E-state index in [1.54, 1.807) is 13.3 Å². The Morgan fingerprint density at radius 1 is 1.00 bits per heavy atom. The number of rotatable bonds is 8. The molecule has 0 saturated heterocycles. The summed E-state index contributed by atoms with van der Waals surface area (Å²) in [7, 11) is -5.08. The molecule has 0 aromatic rings. The normalized spacial score (nSPS) is 15.1. The molecule has 0 aliphatic carbocycles. The molecule has 4 nitrogen and oxygen atoms in total. The third-order valence-corrected chi connectivity index (χ3v) is 10.3. The maximum absolute atomic E-state index is 12.2. The molecule has 0 spiro atoms. The van der Waals surface area contributed by atoms with Gasteiger partial charge in [0.2, 0.25) is 0 Å². The largest absolute Gasteiger partial charge is 0.511 e. The molecule has 0 aromatic carbocycles. The van der Waals surface area contributed by atoms with Gasteiger partial charge >= 0.3 is 8.80 Å². The number of hydrogen-bond acceptors (Lipinski definition) is 4. The summed E-state index contributed by atoms with van der Waals surface area (Å²) in [5.74, 6) is 0. The lowest BCUT2D eigenvalue weighted by atomic mass is 10.9. The van der Waals surface area contributed by atoms with Crippen molar-refractivity contribution in [2.75, 3.05) is 33.2 Å². The van der Waals surface area contributed by atoms with Crippen molar-refractivity contribution in [3.63, 3.8) is 0 Å². The Kier molecular flexibility index (Phi) is 7.06. The number of hydrogen-bond donors (Lipinski definition) is 0. The van der Waals surface area contributed by atoms with Gasteiger partial charge in [-0.1, -0.05) is 6.92 Å². The van der Waals surface area contributed by atoms with Gasteiger partial charge in [0.05, 0.1) is 12.4 Å². The van der Waals surface area contributed by atoms with E-state index in [9.17, 15) is 4.57 Å². The molecule has 0 rings (SSSR count). The Hall–Kier alpha value is 0.327. The summed E-state index contributed by atoms with van der Waals surface area (Å²) < 4.78 is 29.3. The van der Waals surface area contributed by atoms with Crippen molar-refractivity contribution in [1.29, 1.82) is 0 Å². The van der Waals surface area contributed by atoms with Crippen molar-refractivity contribution in [3.8, 4) is 0 Å². The van der Waals surface area contributed by atoms with Crippen LogP contribution in [0.2, 0.25) is 0 Å². The van der Waals surface area contributed by atoms with Gasteiger partial charge in [-0.15, -0.1) is 0 Å². The lowest BCUT2D eigenvalue weighted by Crippen LogP contribution is -2.55. The predicted molar refractivity (Wildman–Crippen MR) is 69.5 cm³/mol. The van der Waals surface area contributed by atoms with Gasteiger partial charge in [0.15, 0.2) is 0 Å². The van der Waals surface area contributed by atoms with Crippen LogP contribution in [0.15, 0.2) is 0 Å². The fourth-order valence-electron chi connectivity index (χ4n) is 1.47. The third-order valence-electron chi connectivity index (χ3n) is 2.48. The lowest BCUT2D eigenvalue weighted by Gasteiger charge is -2.35. The zero-order chi connectivity index (χ0) is 12.8. The molecule has 0 aliphatic heterocycles. The van der Waals surface area contributed by atoms with Crippen LogP contribution in [0.1, 0.15) is 27.7 Å². The molecule has 0 amide bonds. The van der Waals surface area contributed by atoms with E-state index in [1.807, 2.05) is 27.7 Å². The van der Waals surface area contributed by atoms with Gasteiger partial charge in [-0.2, -0.15) is 0 Å². The van der Waals surface area contributed by atoms with E-state index in [1.165, 1.54) is 0 Å². The molecule has 0 aromatic heterocycles. The van der Waals surface area contributed by atoms with Crippen molar-refractivity contribution >= 4 is 15.9 Å². The van der Waals surface area contributed by atoms with E-state index >= 15 is 0 Å². The van der Waals surface area contributed by atoms with Crippen LogP contribution in [0.3, 0.4) is 0 Å². The molecule has 0 N–H and O–H groups in total. The van der Waals surface area contributed by atoms with E-state index in [-0.39, 0.29) is 5.28 Å². The third kappa shape index (κ3) is 4.30. The summed E-state index contributed by atoms with van der Waals surface area (Å²) in [6.07, 6.45) is 0. The van der Waals surface area contributed by atoms with Crippen molar-refractivity contribution in [1.82, 2.24) is 0 Å². The first kappa shape index (κ1) is 16.3. The molecule has 1 atom stereocenters. The van der Waals surface area contributed by atoms with E-state index in [0.717, 1.165) is 0 Å². The Balaban J connectivity index is 5.06. The van der Waals surface area contributed by atoms with Gasteiger partial charge in [0.25, 0.3) is 0 Å². The average Bonchev–Trinajstić information content (AvgIpc) is 2.16. The second kappa shape index (κ2) is 6.92. The SMILES string of the molecule is CCO[Si](OCC)(OCC)C(C)P(C)(C)=O. The van der Waals surface area contributed by atoms with Crippen LogP contribution in [-0.4, -0.2) is 47.2 Å². The molecule has 1 unspecified atom stereocenters. The standard InChI is InChI=1S/C10H25O4PSi/c1-7-12-16(13-8-2,14-9-3)10(4)15(5,6)11/h10H,7-9H2,1-6H3. The van der Waals surface area contributed by atoms with Gasteiger partial charge in [-0.05, 0) is 34.1 Å². The van der Waals surface area contributed by atoms with Gasteiger partial charge < -0.3 is 17.8 Å². The first-order valence-corrected chi connectivity index (χ1v) is 10.3. The first-order chi connectivity index (χ1) is 7.34. The van der Waals surface area contributed by atoms with E-state index in [0.29, 0.717) is 19.8 Å². The minimum absolute atomic E-state index is 0.153. The van der Waals surface area contributed by atoms with Crippen LogP contribution in [0.5, 0.6) is 0 Å². The summed E-state index contributed by atoms with van der Waals surface area (Å²) in [6, 6.07) is 0. The first-order valence-electron chi connectivity index (χ1n) is 5.80. The van der Waals surface area contributed by atoms with Crippen molar-refractivity contribution in [3.05, 3.63) is 0 Å². The zero-order valence-electron chi connectivity index (χ0n) is 11.3.